The molecule has 6 nitrogen and oxygen atoms in total. The third kappa shape index (κ3) is 4.69. The highest BCUT2D eigenvalue weighted by Crippen LogP contribution is 2.24. The highest BCUT2D eigenvalue weighted by molar-refractivity contribution is 5.94. The summed E-state index contributed by atoms with van der Waals surface area (Å²) >= 11 is 0. The van der Waals surface area contributed by atoms with E-state index in [1.54, 1.807) is 0 Å². The Morgan fingerprint density at radius 3 is 2.55 bits per heavy atom. The lowest BCUT2D eigenvalue weighted by Crippen LogP contribution is -2.43. The molecule has 1 aliphatic rings. The SMILES string of the molecule is CCCC1CCCCN1C(=O)c1ccc(-n2nc(C)c(CCC(=O)O)c2C)cc1. The van der Waals surface area contributed by atoms with Crippen molar-refractivity contribution in [2.45, 2.75) is 71.8 Å². The average molecular weight is 398 g/mol. The number of hydrogen-bond acceptors (Lipinski definition) is 3. The molecule has 6 heteroatoms. The fourth-order valence-corrected chi connectivity index (χ4v) is 4.33. The van der Waals surface area contributed by atoms with Gasteiger partial charge >= 0.3 is 5.97 Å². The molecule has 1 N–H and O–H groups in total. The minimum atomic E-state index is -0.807. The summed E-state index contributed by atoms with van der Waals surface area (Å²) in [4.78, 5) is 26.0. The summed E-state index contributed by atoms with van der Waals surface area (Å²) in [5.41, 5.74) is 4.36. The summed E-state index contributed by atoms with van der Waals surface area (Å²) < 4.78 is 1.83. The van der Waals surface area contributed by atoms with Crippen LogP contribution in [0, 0.1) is 13.8 Å². The first-order valence-corrected chi connectivity index (χ1v) is 10.6. The lowest BCUT2D eigenvalue weighted by atomic mass is 9.97. The van der Waals surface area contributed by atoms with Gasteiger partial charge in [0.1, 0.15) is 0 Å². The van der Waals surface area contributed by atoms with Gasteiger partial charge in [0.25, 0.3) is 5.91 Å². The van der Waals surface area contributed by atoms with Crippen molar-refractivity contribution >= 4 is 11.9 Å². The zero-order valence-electron chi connectivity index (χ0n) is 17.6. The molecule has 1 saturated heterocycles. The summed E-state index contributed by atoms with van der Waals surface area (Å²) in [7, 11) is 0. The highest BCUT2D eigenvalue weighted by Gasteiger charge is 2.26. The van der Waals surface area contributed by atoms with Crippen molar-refractivity contribution in [3.63, 3.8) is 0 Å². The van der Waals surface area contributed by atoms with Gasteiger partial charge in [-0.25, -0.2) is 4.68 Å². The molecule has 2 aromatic rings. The van der Waals surface area contributed by atoms with Crippen molar-refractivity contribution < 1.29 is 14.7 Å². The maximum absolute atomic E-state index is 13.1. The van der Waals surface area contributed by atoms with Crippen LogP contribution >= 0.6 is 0 Å². The Labute approximate surface area is 172 Å². The van der Waals surface area contributed by atoms with E-state index >= 15 is 0 Å². The van der Waals surface area contributed by atoms with Crippen LogP contribution in [0.25, 0.3) is 5.69 Å². The number of aromatic nitrogens is 2. The van der Waals surface area contributed by atoms with E-state index in [-0.39, 0.29) is 12.3 Å². The Hall–Kier alpha value is -2.63. The molecule has 0 spiro atoms. The number of carbonyl (C=O) groups is 2. The number of hydrogen-bond donors (Lipinski definition) is 1. The molecule has 1 amide bonds. The third-order valence-corrected chi connectivity index (χ3v) is 5.90. The maximum Gasteiger partial charge on any atom is 0.303 e. The number of rotatable bonds is 7. The van der Waals surface area contributed by atoms with Crippen molar-refractivity contribution in [3.05, 3.63) is 46.8 Å². The van der Waals surface area contributed by atoms with Crippen molar-refractivity contribution in [2.75, 3.05) is 6.54 Å². The number of benzene rings is 1. The molecule has 1 atom stereocenters. The minimum absolute atomic E-state index is 0.0928. The first-order valence-electron chi connectivity index (χ1n) is 10.6. The first-order chi connectivity index (χ1) is 13.9. The van der Waals surface area contributed by atoms with Gasteiger partial charge in [0, 0.05) is 30.3 Å². The number of aryl methyl sites for hydroxylation is 1. The lowest BCUT2D eigenvalue weighted by Gasteiger charge is -2.36. The smallest absolute Gasteiger partial charge is 0.303 e. The normalized spacial score (nSPS) is 16.8. The van der Waals surface area contributed by atoms with Crippen molar-refractivity contribution in [1.29, 1.82) is 0 Å². The van der Waals surface area contributed by atoms with Crippen LogP contribution in [0.1, 0.15) is 72.8 Å². The largest absolute Gasteiger partial charge is 0.481 e. The molecule has 0 radical (unpaired) electrons. The summed E-state index contributed by atoms with van der Waals surface area (Å²) in [5, 5.41) is 13.5. The molecule has 1 fully saturated rings. The molecule has 1 aliphatic heterocycles. The van der Waals surface area contributed by atoms with Gasteiger partial charge in [0.2, 0.25) is 0 Å². The van der Waals surface area contributed by atoms with Crippen LogP contribution in [-0.4, -0.2) is 44.3 Å². The Morgan fingerprint density at radius 1 is 1.17 bits per heavy atom. The van der Waals surface area contributed by atoms with Crippen LogP contribution in [0.5, 0.6) is 0 Å². The van der Waals surface area contributed by atoms with Gasteiger partial charge < -0.3 is 10.0 Å². The topological polar surface area (TPSA) is 75.4 Å². The fourth-order valence-electron chi connectivity index (χ4n) is 4.33. The molecular formula is C23H31N3O3. The molecule has 2 heterocycles. The van der Waals surface area contributed by atoms with E-state index in [9.17, 15) is 9.59 Å². The Kier molecular flexibility index (Phi) is 6.72. The van der Waals surface area contributed by atoms with Gasteiger partial charge in [-0.1, -0.05) is 13.3 Å². The van der Waals surface area contributed by atoms with E-state index in [4.69, 9.17) is 5.11 Å². The van der Waals surface area contributed by atoms with Gasteiger partial charge in [-0.2, -0.15) is 5.10 Å². The molecule has 0 aliphatic carbocycles. The van der Waals surface area contributed by atoms with Gasteiger partial charge in [-0.3, -0.25) is 9.59 Å². The monoisotopic (exact) mass is 397 g/mol. The molecule has 3 rings (SSSR count). The van der Waals surface area contributed by atoms with Gasteiger partial charge in [0.15, 0.2) is 0 Å². The Bertz CT molecular complexity index is 868. The Morgan fingerprint density at radius 2 is 1.90 bits per heavy atom. The molecular weight excluding hydrogens is 366 g/mol. The molecule has 0 saturated carbocycles. The van der Waals surface area contributed by atoms with Crippen LogP contribution in [-0.2, 0) is 11.2 Å². The molecule has 1 aromatic heterocycles. The van der Waals surface area contributed by atoms with Gasteiger partial charge in [-0.05, 0) is 75.8 Å². The van der Waals surface area contributed by atoms with Gasteiger partial charge in [0.05, 0.1) is 11.4 Å². The van der Waals surface area contributed by atoms with E-state index in [0.29, 0.717) is 18.0 Å². The molecule has 1 unspecified atom stereocenters. The van der Waals surface area contributed by atoms with E-state index < -0.39 is 5.97 Å². The molecule has 0 bridgehead atoms. The number of carbonyl (C=O) groups excluding carboxylic acids is 1. The van der Waals surface area contributed by atoms with E-state index in [1.807, 2.05) is 42.8 Å². The predicted octanol–water partition coefficient (Wildman–Crippen LogP) is 4.30. The number of carboxylic acids is 1. The third-order valence-electron chi connectivity index (χ3n) is 5.90. The standard InChI is InChI=1S/C23H31N3O3/c1-4-7-19-8-5-6-15-25(19)23(29)18-9-11-20(12-10-18)26-17(3)21(16(2)24-26)13-14-22(27)28/h9-12,19H,4-8,13-15H2,1-3H3,(H,27,28). The maximum atomic E-state index is 13.1. The second-order valence-electron chi connectivity index (χ2n) is 7.94. The minimum Gasteiger partial charge on any atom is -0.481 e. The van der Waals surface area contributed by atoms with Crippen LogP contribution in [0.3, 0.4) is 0 Å². The summed E-state index contributed by atoms with van der Waals surface area (Å²) in [6.45, 7) is 6.88. The van der Waals surface area contributed by atoms with Crippen molar-refractivity contribution in [3.8, 4) is 5.69 Å². The second-order valence-corrected chi connectivity index (χ2v) is 7.94. The van der Waals surface area contributed by atoms with Crippen LogP contribution in [0.2, 0.25) is 0 Å². The zero-order chi connectivity index (χ0) is 21.0. The average Bonchev–Trinajstić information content (AvgIpc) is 3.00. The quantitative estimate of drug-likeness (QED) is 0.756. The van der Waals surface area contributed by atoms with E-state index in [2.05, 4.69) is 16.9 Å². The van der Waals surface area contributed by atoms with E-state index in [0.717, 1.165) is 54.9 Å². The second kappa shape index (κ2) is 9.25. The van der Waals surface area contributed by atoms with Crippen molar-refractivity contribution in [1.82, 2.24) is 14.7 Å². The summed E-state index contributed by atoms with van der Waals surface area (Å²) in [6, 6.07) is 7.96. The van der Waals surface area contributed by atoms with Gasteiger partial charge in [-0.15, -0.1) is 0 Å². The van der Waals surface area contributed by atoms with E-state index in [1.165, 1.54) is 6.42 Å². The Balaban J connectivity index is 1.79. The highest BCUT2D eigenvalue weighted by atomic mass is 16.4. The molecule has 29 heavy (non-hydrogen) atoms. The number of likely N-dealkylation sites (tertiary alicyclic amines) is 1. The number of nitrogens with zero attached hydrogens (tertiary/aromatic N) is 3. The fraction of sp³-hybridized carbons (Fsp3) is 0.522. The number of aliphatic carboxylic acids is 1. The summed E-state index contributed by atoms with van der Waals surface area (Å²) in [5.74, 6) is -0.691. The van der Waals surface area contributed by atoms with Crippen molar-refractivity contribution in [2.24, 2.45) is 0 Å². The van der Waals surface area contributed by atoms with Crippen LogP contribution in [0.4, 0.5) is 0 Å². The lowest BCUT2D eigenvalue weighted by molar-refractivity contribution is -0.136. The number of carboxylic acid groups (broad SMARTS) is 1. The van der Waals surface area contributed by atoms with Crippen LogP contribution < -0.4 is 0 Å². The summed E-state index contributed by atoms with van der Waals surface area (Å²) in [6.07, 6.45) is 6.10. The predicted molar refractivity (Wildman–Crippen MR) is 113 cm³/mol. The molecule has 156 valence electrons. The molecule has 1 aromatic carbocycles. The number of piperidine rings is 1. The zero-order valence-corrected chi connectivity index (χ0v) is 17.6. The van der Waals surface area contributed by atoms with Crippen LogP contribution in [0.15, 0.2) is 24.3 Å². The number of amides is 1. The first kappa shape index (κ1) is 21.1.